The van der Waals surface area contributed by atoms with Crippen LogP contribution in [0.25, 0.3) is 11.0 Å². The summed E-state index contributed by atoms with van der Waals surface area (Å²) >= 11 is 0. The molecular formula is C28H28N4O4. The number of methoxy groups -OCH3 is 2. The third-order valence-electron chi connectivity index (χ3n) is 6.75. The molecule has 1 aliphatic rings. The molecule has 0 unspecified atom stereocenters. The van der Waals surface area contributed by atoms with Crippen LogP contribution in [0.1, 0.15) is 28.7 Å². The average Bonchev–Trinajstić information content (AvgIpc) is 3.28. The Labute approximate surface area is 209 Å². The van der Waals surface area contributed by atoms with Crippen molar-refractivity contribution >= 4 is 22.8 Å². The normalized spacial score (nSPS) is 17.1. The number of hydrogen-bond donors (Lipinski definition) is 1. The van der Waals surface area contributed by atoms with Crippen LogP contribution in [0.5, 0.6) is 11.5 Å². The van der Waals surface area contributed by atoms with E-state index in [4.69, 9.17) is 9.47 Å². The van der Waals surface area contributed by atoms with Gasteiger partial charge in [0.25, 0.3) is 5.91 Å². The molecule has 4 aromatic rings. The molecule has 1 aromatic heterocycles. The van der Waals surface area contributed by atoms with Gasteiger partial charge in [-0.25, -0.2) is 4.98 Å². The molecular weight excluding hydrogens is 456 g/mol. The van der Waals surface area contributed by atoms with Gasteiger partial charge in [-0.1, -0.05) is 42.5 Å². The van der Waals surface area contributed by atoms with Crippen LogP contribution in [0, 0.1) is 0 Å². The van der Waals surface area contributed by atoms with E-state index in [1.807, 2.05) is 65.2 Å². The van der Waals surface area contributed by atoms with Crippen LogP contribution in [-0.2, 0) is 24.4 Å². The third-order valence-corrected chi connectivity index (χ3v) is 6.75. The second kappa shape index (κ2) is 9.37. The van der Waals surface area contributed by atoms with Crippen LogP contribution in [-0.4, -0.2) is 46.0 Å². The number of nitrogens with zero attached hydrogens (tertiary/aromatic N) is 3. The molecule has 1 aliphatic heterocycles. The Hall–Kier alpha value is -4.33. The zero-order valence-electron chi connectivity index (χ0n) is 20.5. The molecule has 2 heterocycles. The molecule has 0 saturated carbocycles. The first-order chi connectivity index (χ1) is 17.4. The molecule has 0 aliphatic carbocycles. The second-order valence-corrected chi connectivity index (χ2v) is 9.02. The molecule has 0 radical (unpaired) electrons. The predicted molar refractivity (Wildman–Crippen MR) is 136 cm³/mol. The first-order valence-electron chi connectivity index (χ1n) is 11.7. The van der Waals surface area contributed by atoms with Crippen LogP contribution in [0.15, 0.2) is 72.8 Å². The average molecular weight is 485 g/mol. The summed E-state index contributed by atoms with van der Waals surface area (Å²) in [6, 6.07) is 22.7. The summed E-state index contributed by atoms with van der Waals surface area (Å²) in [5.41, 5.74) is 2.06. The van der Waals surface area contributed by atoms with Crippen molar-refractivity contribution in [3.63, 3.8) is 0 Å². The number of ether oxygens (including phenoxy) is 2. The lowest BCUT2D eigenvalue weighted by molar-refractivity contribution is -0.133. The van der Waals surface area contributed by atoms with Crippen molar-refractivity contribution in [2.45, 2.75) is 32.1 Å². The zero-order chi connectivity index (χ0) is 25.3. The van der Waals surface area contributed by atoms with Gasteiger partial charge in [0.05, 0.1) is 38.3 Å². The Morgan fingerprint density at radius 2 is 1.78 bits per heavy atom. The minimum absolute atomic E-state index is 0.150. The molecule has 0 spiro atoms. The summed E-state index contributed by atoms with van der Waals surface area (Å²) < 4.78 is 12.8. The van der Waals surface area contributed by atoms with Gasteiger partial charge >= 0.3 is 0 Å². The van der Waals surface area contributed by atoms with E-state index in [1.165, 1.54) is 0 Å². The van der Waals surface area contributed by atoms with Crippen molar-refractivity contribution < 1.29 is 19.1 Å². The summed E-state index contributed by atoms with van der Waals surface area (Å²) in [4.78, 5) is 33.9. The maximum absolute atomic E-state index is 13.9. The Kier molecular flexibility index (Phi) is 6.10. The zero-order valence-corrected chi connectivity index (χ0v) is 20.5. The van der Waals surface area contributed by atoms with E-state index in [-0.39, 0.29) is 24.9 Å². The van der Waals surface area contributed by atoms with E-state index in [0.29, 0.717) is 29.4 Å². The van der Waals surface area contributed by atoms with Crippen molar-refractivity contribution in [3.05, 3.63) is 89.7 Å². The number of para-hydroxylation sites is 2. The van der Waals surface area contributed by atoms with Gasteiger partial charge in [-0.3, -0.25) is 9.59 Å². The predicted octanol–water partition coefficient (Wildman–Crippen LogP) is 3.78. The Bertz CT molecular complexity index is 1430. The van der Waals surface area contributed by atoms with Crippen molar-refractivity contribution in [1.29, 1.82) is 0 Å². The molecule has 3 aromatic carbocycles. The highest BCUT2D eigenvalue weighted by Gasteiger charge is 2.48. The molecule has 2 amide bonds. The highest BCUT2D eigenvalue weighted by Crippen LogP contribution is 2.34. The summed E-state index contributed by atoms with van der Waals surface area (Å²) in [6.07, 6.45) is 0. The minimum Gasteiger partial charge on any atom is -0.497 e. The number of fused-ring (bicyclic) bond motifs is 3. The largest absolute Gasteiger partial charge is 0.497 e. The second-order valence-electron chi connectivity index (χ2n) is 9.02. The van der Waals surface area contributed by atoms with Gasteiger partial charge in [0.15, 0.2) is 5.82 Å². The van der Waals surface area contributed by atoms with E-state index >= 15 is 0 Å². The molecule has 5 rings (SSSR count). The number of aromatic nitrogens is 2. The van der Waals surface area contributed by atoms with Crippen molar-refractivity contribution in [1.82, 2.24) is 19.8 Å². The van der Waals surface area contributed by atoms with Crippen LogP contribution in [0.2, 0.25) is 0 Å². The summed E-state index contributed by atoms with van der Waals surface area (Å²) in [7, 11) is 3.16. The van der Waals surface area contributed by atoms with Gasteiger partial charge in [0, 0.05) is 12.1 Å². The van der Waals surface area contributed by atoms with E-state index in [1.54, 1.807) is 38.2 Å². The van der Waals surface area contributed by atoms with Crippen LogP contribution in [0.3, 0.4) is 0 Å². The molecule has 1 N–H and O–H groups in total. The molecule has 8 heteroatoms. The number of benzene rings is 3. The Balaban J connectivity index is 1.56. The highest BCUT2D eigenvalue weighted by atomic mass is 16.5. The number of carbonyl (C=O) groups excluding carboxylic acids is 2. The van der Waals surface area contributed by atoms with Gasteiger partial charge in [-0.2, -0.15) is 0 Å². The van der Waals surface area contributed by atoms with Crippen molar-refractivity contribution in [2.24, 2.45) is 0 Å². The topological polar surface area (TPSA) is 85.7 Å². The number of nitrogens with one attached hydrogen (secondary N) is 1. The molecule has 8 nitrogen and oxygen atoms in total. The SMILES string of the molecule is COc1ccc(OC)c(CN2C(=O)c3nc4ccccc4n3C[C@]2(C)C(=O)NCc2ccccc2)c1. The van der Waals surface area contributed by atoms with Gasteiger partial charge in [0.2, 0.25) is 5.91 Å². The van der Waals surface area contributed by atoms with Gasteiger partial charge in [-0.15, -0.1) is 0 Å². The Morgan fingerprint density at radius 3 is 2.53 bits per heavy atom. The van der Waals surface area contributed by atoms with E-state index in [9.17, 15) is 9.59 Å². The van der Waals surface area contributed by atoms with Crippen molar-refractivity contribution in [2.75, 3.05) is 14.2 Å². The summed E-state index contributed by atoms with van der Waals surface area (Å²) in [5, 5.41) is 3.05. The number of carbonyl (C=O) groups is 2. The first kappa shape index (κ1) is 23.4. The number of imidazole rings is 1. The number of amides is 2. The lowest BCUT2D eigenvalue weighted by atomic mass is 9.94. The molecule has 0 saturated heterocycles. The maximum Gasteiger partial charge on any atom is 0.291 e. The highest BCUT2D eigenvalue weighted by molar-refractivity contribution is 6.01. The quantitative estimate of drug-likeness (QED) is 0.432. The number of hydrogen-bond acceptors (Lipinski definition) is 5. The van der Waals surface area contributed by atoms with Crippen molar-refractivity contribution in [3.8, 4) is 11.5 Å². The fourth-order valence-electron chi connectivity index (χ4n) is 4.72. The standard InChI is InChI=1S/C28H28N4O4/c1-28(27(34)29-16-19-9-5-4-6-10-19)18-31-23-12-8-7-11-22(23)30-25(31)26(33)32(28)17-20-15-21(35-2)13-14-24(20)36-3/h4-15H,16-18H2,1-3H3,(H,29,34)/t28-/m1/s1. The first-order valence-corrected chi connectivity index (χ1v) is 11.7. The van der Waals surface area contributed by atoms with Gasteiger partial charge < -0.3 is 24.3 Å². The van der Waals surface area contributed by atoms with E-state index in [2.05, 4.69) is 10.3 Å². The van der Waals surface area contributed by atoms with Gasteiger partial charge in [-0.05, 0) is 42.8 Å². The van der Waals surface area contributed by atoms with E-state index < -0.39 is 5.54 Å². The molecule has 1 atom stereocenters. The molecule has 184 valence electrons. The lowest BCUT2D eigenvalue weighted by Crippen LogP contribution is -2.63. The summed E-state index contributed by atoms with van der Waals surface area (Å²) in [5.74, 6) is 0.989. The molecule has 0 bridgehead atoms. The van der Waals surface area contributed by atoms with E-state index in [0.717, 1.165) is 16.6 Å². The smallest absolute Gasteiger partial charge is 0.291 e. The fraction of sp³-hybridized carbons (Fsp3) is 0.250. The van der Waals surface area contributed by atoms with Crippen LogP contribution >= 0.6 is 0 Å². The minimum atomic E-state index is -1.18. The Morgan fingerprint density at radius 1 is 1.03 bits per heavy atom. The molecule has 0 fully saturated rings. The number of rotatable bonds is 7. The maximum atomic E-state index is 13.9. The van der Waals surface area contributed by atoms with Crippen LogP contribution < -0.4 is 14.8 Å². The third kappa shape index (κ3) is 4.04. The van der Waals surface area contributed by atoms with Crippen LogP contribution in [0.4, 0.5) is 0 Å². The fourth-order valence-corrected chi connectivity index (χ4v) is 4.72. The molecule has 36 heavy (non-hydrogen) atoms. The monoisotopic (exact) mass is 484 g/mol. The lowest BCUT2D eigenvalue weighted by Gasteiger charge is -2.43. The summed E-state index contributed by atoms with van der Waals surface area (Å²) in [6.45, 7) is 2.58. The van der Waals surface area contributed by atoms with Gasteiger partial charge in [0.1, 0.15) is 17.0 Å².